The quantitative estimate of drug-likeness (QED) is 0.746. The molecule has 1 saturated heterocycles. The van der Waals surface area contributed by atoms with Crippen LogP contribution in [-0.4, -0.2) is 27.7 Å². The topological polar surface area (TPSA) is 66.5 Å². The van der Waals surface area contributed by atoms with E-state index >= 15 is 0 Å². The van der Waals surface area contributed by atoms with Crippen molar-refractivity contribution in [3.05, 3.63) is 70.8 Å². The number of carbonyl (C=O) groups is 3. The maximum Gasteiger partial charge on any atom is 0.289 e. The van der Waals surface area contributed by atoms with Crippen LogP contribution < -0.4 is 5.32 Å². The minimum Gasteiger partial charge on any atom is -0.323 e. The summed E-state index contributed by atoms with van der Waals surface area (Å²) in [6.07, 6.45) is 1.49. The average Bonchev–Trinajstić information content (AvgIpc) is 2.95. The number of imide groups is 1. The molecule has 1 aliphatic heterocycles. The summed E-state index contributed by atoms with van der Waals surface area (Å²) in [6, 6.07) is 14.4. The fourth-order valence-corrected chi connectivity index (χ4v) is 3.65. The highest BCUT2D eigenvalue weighted by Gasteiger charge is 2.29. The van der Waals surface area contributed by atoms with Gasteiger partial charge in [-0.2, -0.15) is 0 Å². The van der Waals surface area contributed by atoms with Gasteiger partial charge in [-0.25, -0.2) is 0 Å². The monoisotopic (exact) mass is 400 g/mol. The van der Waals surface area contributed by atoms with Crippen LogP contribution in [0, 0.1) is 0 Å². The van der Waals surface area contributed by atoms with Gasteiger partial charge < -0.3 is 5.32 Å². The van der Waals surface area contributed by atoms with Crippen molar-refractivity contribution in [2.75, 3.05) is 11.1 Å². The SMILES string of the molecule is C/C(=C/C(=O)Nc1ccc(CN2C(=O)CSC2=O)cc1)c1ccccc1Cl. The van der Waals surface area contributed by atoms with E-state index in [-0.39, 0.29) is 29.4 Å². The van der Waals surface area contributed by atoms with E-state index in [0.717, 1.165) is 28.5 Å². The number of hydrogen-bond acceptors (Lipinski definition) is 4. The van der Waals surface area contributed by atoms with Gasteiger partial charge in [0.25, 0.3) is 5.24 Å². The lowest BCUT2D eigenvalue weighted by molar-refractivity contribution is -0.125. The molecular weight excluding hydrogens is 384 g/mol. The second-order valence-corrected chi connectivity index (χ2v) is 7.36. The molecule has 3 amide bonds. The number of halogens is 1. The zero-order chi connectivity index (χ0) is 19.4. The molecule has 0 atom stereocenters. The molecule has 138 valence electrons. The van der Waals surface area contributed by atoms with Gasteiger partial charge in [-0.05, 0) is 41.8 Å². The van der Waals surface area contributed by atoms with Crippen LogP contribution in [0.2, 0.25) is 5.02 Å². The van der Waals surface area contributed by atoms with Gasteiger partial charge in [0.05, 0.1) is 12.3 Å². The molecule has 2 aromatic rings. The number of nitrogens with one attached hydrogen (secondary N) is 1. The van der Waals surface area contributed by atoms with Crippen molar-refractivity contribution in [3.8, 4) is 0 Å². The second-order valence-electron chi connectivity index (χ2n) is 6.03. The maximum atomic E-state index is 12.2. The van der Waals surface area contributed by atoms with E-state index in [1.54, 1.807) is 30.3 Å². The molecule has 5 nitrogen and oxygen atoms in total. The molecule has 27 heavy (non-hydrogen) atoms. The van der Waals surface area contributed by atoms with E-state index in [9.17, 15) is 14.4 Å². The van der Waals surface area contributed by atoms with Crippen molar-refractivity contribution in [3.63, 3.8) is 0 Å². The van der Waals surface area contributed by atoms with Gasteiger partial charge in [0.1, 0.15) is 0 Å². The Morgan fingerprint density at radius 1 is 1.19 bits per heavy atom. The molecule has 7 heteroatoms. The van der Waals surface area contributed by atoms with Gasteiger partial charge in [-0.15, -0.1) is 0 Å². The van der Waals surface area contributed by atoms with Crippen LogP contribution in [0.25, 0.3) is 5.57 Å². The molecule has 0 radical (unpaired) electrons. The van der Waals surface area contributed by atoms with Crippen LogP contribution in [0.5, 0.6) is 0 Å². The number of benzene rings is 2. The van der Waals surface area contributed by atoms with Gasteiger partial charge in [-0.1, -0.05) is 53.7 Å². The molecule has 0 aromatic heterocycles. The largest absolute Gasteiger partial charge is 0.323 e. The van der Waals surface area contributed by atoms with E-state index < -0.39 is 0 Å². The molecule has 0 saturated carbocycles. The summed E-state index contributed by atoms with van der Waals surface area (Å²) in [6.45, 7) is 2.07. The summed E-state index contributed by atoms with van der Waals surface area (Å²) in [5.41, 5.74) is 3.01. The Hall–Kier alpha value is -2.57. The molecule has 1 heterocycles. The molecule has 3 rings (SSSR count). The number of anilines is 1. The minimum atomic E-state index is -0.263. The fraction of sp³-hybridized carbons (Fsp3) is 0.150. The van der Waals surface area contributed by atoms with Crippen molar-refractivity contribution in [1.29, 1.82) is 0 Å². The van der Waals surface area contributed by atoms with E-state index in [1.807, 2.05) is 25.1 Å². The van der Waals surface area contributed by atoms with Crippen LogP contribution in [-0.2, 0) is 16.1 Å². The summed E-state index contributed by atoms with van der Waals surface area (Å²) in [5, 5.41) is 3.16. The Morgan fingerprint density at radius 3 is 2.52 bits per heavy atom. The highest BCUT2D eigenvalue weighted by molar-refractivity contribution is 8.14. The zero-order valence-corrected chi connectivity index (χ0v) is 16.1. The first kappa shape index (κ1) is 19.2. The molecule has 1 aliphatic rings. The highest BCUT2D eigenvalue weighted by Crippen LogP contribution is 2.24. The van der Waals surface area contributed by atoms with Crippen molar-refractivity contribution in [2.24, 2.45) is 0 Å². The molecule has 1 fully saturated rings. The summed E-state index contributed by atoms with van der Waals surface area (Å²) >= 11 is 7.16. The number of thioether (sulfide) groups is 1. The zero-order valence-electron chi connectivity index (χ0n) is 14.6. The Kier molecular flexibility index (Phi) is 5.98. The van der Waals surface area contributed by atoms with Gasteiger partial charge >= 0.3 is 0 Å². The lowest BCUT2D eigenvalue weighted by atomic mass is 10.1. The van der Waals surface area contributed by atoms with Crippen molar-refractivity contribution in [1.82, 2.24) is 4.90 Å². The second kappa shape index (κ2) is 8.41. The third-order valence-electron chi connectivity index (χ3n) is 4.05. The van der Waals surface area contributed by atoms with Crippen molar-refractivity contribution < 1.29 is 14.4 Å². The van der Waals surface area contributed by atoms with Crippen molar-refractivity contribution >= 4 is 51.7 Å². The van der Waals surface area contributed by atoms with E-state index in [0.29, 0.717) is 10.7 Å². The van der Waals surface area contributed by atoms with Crippen LogP contribution in [0.3, 0.4) is 0 Å². The van der Waals surface area contributed by atoms with Crippen LogP contribution in [0.1, 0.15) is 18.1 Å². The summed E-state index contributed by atoms with van der Waals surface area (Å²) in [4.78, 5) is 36.8. The smallest absolute Gasteiger partial charge is 0.289 e. The number of amides is 3. The molecule has 2 aromatic carbocycles. The first-order valence-electron chi connectivity index (χ1n) is 8.24. The third-order valence-corrected chi connectivity index (χ3v) is 5.24. The number of hydrogen-bond donors (Lipinski definition) is 1. The summed E-state index contributed by atoms with van der Waals surface area (Å²) in [5.74, 6) is -0.242. The van der Waals surface area contributed by atoms with E-state index in [2.05, 4.69) is 5.32 Å². The molecule has 0 bridgehead atoms. The van der Waals surface area contributed by atoms with Crippen molar-refractivity contribution in [2.45, 2.75) is 13.5 Å². The number of rotatable bonds is 5. The normalized spacial score (nSPS) is 14.6. The van der Waals surface area contributed by atoms with Gasteiger partial charge in [0.15, 0.2) is 0 Å². The summed E-state index contributed by atoms with van der Waals surface area (Å²) < 4.78 is 0. The minimum absolute atomic E-state index is 0.178. The number of carbonyl (C=O) groups excluding carboxylic acids is 3. The van der Waals surface area contributed by atoms with E-state index in [4.69, 9.17) is 11.6 Å². The van der Waals surface area contributed by atoms with Crippen LogP contribution in [0.4, 0.5) is 10.5 Å². The molecule has 0 spiro atoms. The molecule has 0 unspecified atom stereocenters. The first-order valence-corrected chi connectivity index (χ1v) is 9.60. The van der Waals surface area contributed by atoms with Crippen LogP contribution >= 0.6 is 23.4 Å². The third kappa shape index (κ3) is 4.78. The first-order chi connectivity index (χ1) is 12.9. The van der Waals surface area contributed by atoms with Crippen LogP contribution in [0.15, 0.2) is 54.6 Å². The Bertz CT molecular complexity index is 909. The van der Waals surface area contributed by atoms with Gasteiger partial charge in [-0.3, -0.25) is 19.3 Å². The Morgan fingerprint density at radius 2 is 1.89 bits per heavy atom. The molecule has 0 aliphatic carbocycles. The lowest BCUT2D eigenvalue weighted by Crippen LogP contribution is -2.27. The van der Waals surface area contributed by atoms with Gasteiger partial charge in [0, 0.05) is 16.8 Å². The Balaban J connectivity index is 1.63. The number of allylic oxidation sites excluding steroid dienone is 1. The average molecular weight is 401 g/mol. The molecular formula is C20H17ClN2O3S. The highest BCUT2D eigenvalue weighted by atomic mass is 35.5. The fourth-order valence-electron chi connectivity index (χ4n) is 2.64. The van der Waals surface area contributed by atoms with E-state index in [1.165, 1.54) is 11.0 Å². The number of nitrogens with zero attached hydrogens (tertiary/aromatic N) is 1. The predicted octanol–water partition coefficient (Wildman–Crippen LogP) is 4.58. The lowest BCUT2D eigenvalue weighted by Gasteiger charge is -2.13. The summed E-state index contributed by atoms with van der Waals surface area (Å²) in [7, 11) is 0. The standard InChI is InChI=1S/C20H17ClN2O3S/c1-13(16-4-2-3-5-17(16)21)10-18(24)22-15-8-6-14(7-9-15)11-23-19(25)12-27-20(23)26/h2-10H,11-12H2,1H3,(H,22,24)/b13-10-. The molecule has 1 N–H and O–H groups in total. The predicted molar refractivity (Wildman–Crippen MR) is 109 cm³/mol. The maximum absolute atomic E-state index is 12.2. The Labute approximate surface area is 166 Å². The van der Waals surface area contributed by atoms with Gasteiger partial charge in [0.2, 0.25) is 11.8 Å².